The largest absolute Gasteiger partial charge is 0.496 e. The van der Waals surface area contributed by atoms with Crippen LogP contribution in [0.4, 0.5) is 0 Å². The number of para-hydroxylation sites is 1. The van der Waals surface area contributed by atoms with Gasteiger partial charge in [0.1, 0.15) is 11.1 Å². The summed E-state index contributed by atoms with van der Waals surface area (Å²) in [5, 5.41) is 3.72. The van der Waals surface area contributed by atoms with E-state index in [9.17, 15) is 4.79 Å². The predicted octanol–water partition coefficient (Wildman–Crippen LogP) is 2.89. The summed E-state index contributed by atoms with van der Waals surface area (Å²) in [6.07, 6.45) is 1.78. The van der Waals surface area contributed by atoms with Crippen molar-refractivity contribution in [3.63, 3.8) is 0 Å². The van der Waals surface area contributed by atoms with E-state index in [1.54, 1.807) is 22.4 Å². The molecule has 0 saturated heterocycles. The summed E-state index contributed by atoms with van der Waals surface area (Å²) in [6.45, 7) is 2.34. The summed E-state index contributed by atoms with van der Waals surface area (Å²) in [6, 6.07) is 19.4. The van der Waals surface area contributed by atoms with Gasteiger partial charge in [-0.25, -0.2) is 5.10 Å². The number of ether oxygens (including phenoxy) is 1. The minimum absolute atomic E-state index is 0.119. The van der Waals surface area contributed by atoms with Gasteiger partial charge in [-0.2, -0.15) is 0 Å². The van der Waals surface area contributed by atoms with Gasteiger partial charge in [0.25, 0.3) is 5.56 Å². The summed E-state index contributed by atoms with van der Waals surface area (Å²) >= 11 is 0. The summed E-state index contributed by atoms with van der Waals surface area (Å²) in [7, 11) is 1.62. The molecule has 5 rings (SSSR count). The lowest BCUT2D eigenvalue weighted by Crippen LogP contribution is -2.32. The van der Waals surface area contributed by atoms with E-state index in [1.807, 2.05) is 67.6 Å². The Morgan fingerprint density at radius 1 is 1.03 bits per heavy atom. The van der Waals surface area contributed by atoms with Crippen LogP contribution in [-0.2, 0) is 6.54 Å². The molecule has 0 amide bonds. The van der Waals surface area contributed by atoms with Crippen LogP contribution in [0.25, 0.3) is 27.9 Å². The minimum atomic E-state index is -0.119. The Kier molecular flexibility index (Phi) is 4.28. The Balaban J connectivity index is 1.86. The zero-order chi connectivity index (χ0) is 20.7. The van der Waals surface area contributed by atoms with E-state index in [2.05, 4.69) is 15.1 Å². The maximum Gasteiger partial charge on any atom is 0.458 e. The molecule has 0 aliphatic heterocycles. The third-order valence-electron chi connectivity index (χ3n) is 5.12. The van der Waals surface area contributed by atoms with Crippen molar-refractivity contribution >= 4 is 16.7 Å². The summed E-state index contributed by atoms with van der Waals surface area (Å²) in [5.41, 5.74) is 3.00. The van der Waals surface area contributed by atoms with Gasteiger partial charge in [0.05, 0.1) is 19.2 Å². The average molecular weight is 398 g/mol. The van der Waals surface area contributed by atoms with Crippen LogP contribution in [0.3, 0.4) is 0 Å². The minimum Gasteiger partial charge on any atom is -0.496 e. The Morgan fingerprint density at radius 2 is 1.80 bits per heavy atom. The highest BCUT2D eigenvalue weighted by molar-refractivity contribution is 5.92. The van der Waals surface area contributed by atoms with Crippen LogP contribution in [0.15, 0.2) is 71.7 Å². The van der Waals surface area contributed by atoms with Crippen molar-refractivity contribution in [2.75, 3.05) is 7.11 Å². The fourth-order valence-corrected chi connectivity index (χ4v) is 3.77. The number of pyridine rings is 1. The highest BCUT2D eigenvalue weighted by atomic mass is 16.5. The molecule has 148 valence electrons. The number of aryl methyl sites for hydroxylation is 1. The number of nitrogens with zero attached hydrogens (tertiary/aromatic N) is 4. The predicted molar refractivity (Wildman–Crippen MR) is 114 cm³/mol. The van der Waals surface area contributed by atoms with Crippen molar-refractivity contribution < 1.29 is 9.25 Å². The number of rotatable bonds is 4. The molecule has 7 heteroatoms. The van der Waals surface area contributed by atoms with Crippen molar-refractivity contribution in [2.24, 2.45) is 0 Å². The zero-order valence-electron chi connectivity index (χ0n) is 16.7. The van der Waals surface area contributed by atoms with Gasteiger partial charge < -0.3 is 9.30 Å². The lowest BCUT2D eigenvalue weighted by Gasteiger charge is -2.11. The first kappa shape index (κ1) is 18.1. The van der Waals surface area contributed by atoms with Crippen molar-refractivity contribution in [1.82, 2.24) is 19.6 Å². The zero-order valence-corrected chi connectivity index (χ0v) is 16.7. The summed E-state index contributed by atoms with van der Waals surface area (Å²) in [4.78, 5) is 22.7. The normalized spacial score (nSPS) is 11.3. The number of fused-ring (bicyclic) bond motifs is 2. The van der Waals surface area contributed by atoms with Crippen molar-refractivity contribution in [2.45, 2.75) is 13.5 Å². The van der Waals surface area contributed by atoms with E-state index in [0.29, 0.717) is 40.5 Å². The molecule has 3 heterocycles. The molecule has 30 heavy (non-hydrogen) atoms. The van der Waals surface area contributed by atoms with Crippen LogP contribution in [0.2, 0.25) is 0 Å². The van der Waals surface area contributed by atoms with Crippen molar-refractivity contribution in [3.05, 3.63) is 88.6 Å². The van der Waals surface area contributed by atoms with Crippen LogP contribution < -0.4 is 14.8 Å². The summed E-state index contributed by atoms with van der Waals surface area (Å²) in [5.74, 6) is 1.88. The fraction of sp³-hybridized carbons (Fsp3) is 0.130. The Morgan fingerprint density at radius 3 is 2.60 bits per heavy atom. The lowest BCUT2D eigenvalue weighted by atomic mass is 10.1. The number of hydrogen-bond donors (Lipinski definition) is 1. The van der Waals surface area contributed by atoms with Crippen LogP contribution in [0.1, 0.15) is 11.4 Å². The monoisotopic (exact) mass is 398 g/mol. The fourth-order valence-electron chi connectivity index (χ4n) is 3.77. The second kappa shape index (κ2) is 7.11. The van der Waals surface area contributed by atoms with Crippen LogP contribution in [0, 0.1) is 6.92 Å². The molecular weight excluding hydrogens is 378 g/mol. The van der Waals surface area contributed by atoms with Gasteiger partial charge in [0.2, 0.25) is 5.82 Å². The number of benzene rings is 2. The molecule has 0 fully saturated rings. The van der Waals surface area contributed by atoms with Gasteiger partial charge in [-0.05, 0) is 23.8 Å². The first-order valence-corrected chi connectivity index (χ1v) is 9.64. The molecule has 0 bridgehead atoms. The maximum atomic E-state index is 13.6. The molecular formula is C23H20N5O2+. The van der Waals surface area contributed by atoms with Crippen LogP contribution in [-0.4, -0.2) is 26.7 Å². The van der Waals surface area contributed by atoms with Gasteiger partial charge in [0, 0.05) is 13.1 Å². The van der Waals surface area contributed by atoms with Crippen molar-refractivity contribution in [3.8, 4) is 17.0 Å². The molecule has 7 nitrogen and oxygen atoms in total. The number of nitrogens with one attached hydrogen (secondary N) is 1. The number of H-pyrrole nitrogens is 1. The molecule has 0 aliphatic carbocycles. The Hall–Kier alpha value is -4.00. The molecule has 0 atom stereocenters. The van der Waals surface area contributed by atoms with Crippen molar-refractivity contribution in [1.29, 1.82) is 0 Å². The smallest absolute Gasteiger partial charge is 0.458 e. The second-order valence-corrected chi connectivity index (χ2v) is 7.10. The first-order chi connectivity index (χ1) is 14.7. The van der Waals surface area contributed by atoms with Gasteiger partial charge >= 0.3 is 5.78 Å². The summed E-state index contributed by atoms with van der Waals surface area (Å²) < 4.78 is 9.05. The standard InChI is InChI=1S/C23H19N5O2/c1-15-24-23-25-18-12-13-27(14-16-8-4-3-5-9-16)22(29)20(18)21(28(23)26-15)17-10-6-7-11-19(17)30-2/h3-13H,14H2,1-2H3/p+1. The van der Waals surface area contributed by atoms with Gasteiger partial charge in [-0.15, -0.1) is 4.52 Å². The van der Waals surface area contributed by atoms with Gasteiger partial charge in [-0.1, -0.05) is 52.4 Å². The molecule has 5 aromatic rings. The van der Waals surface area contributed by atoms with E-state index in [4.69, 9.17) is 4.74 Å². The first-order valence-electron chi connectivity index (χ1n) is 9.64. The topological polar surface area (TPSA) is 76.9 Å². The quantitative estimate of drug-likeness (QED) is 0.472. The van der Waals surface area contributed by atoms with E-state index < -0.39 is 0 Å². The van der Waals surface area contributed by atoms with Gasteiger partial charge in [0.15, 0.2) is 11.2 Å². The number of aromatic nitrogens is 5. The van der Waals surface area contributed by atoms with Crippen LogP contribution in [0.5, 0.6) is 5.75 Å². The molecule has 1 N–H and O–H groups in total. The molecule has 3 aromatic heterocycles. The highest BCUT2D eigenvalue weighted by Crippen LogP contribution is 2.30. The molecule has 2 aromatic carbocycles. The molecule has 0 aliphatic rings. The molecule has 0 unspecified atom stereocenters. The van der Waals surface area contributed by atoms with E-state index in [1.165, 1.54) is 0 Å². The third-order valence-corrected chi connectivity index (χ3v) is 5.12. The lowest BCUT2D eigenvalue weighted by molar-refractivity contribution is -0.567. The number of methoxy groups -OCH3 is 1. The average Bonchev–Trinajstić information content (AvgIpc) is 3.14. The third kappa shape index (κ3) is 2.91. The van der Waals surface area contributed by atoms with Gasteiger partial charge in [-0.3, -0.25) is 4.79 Å². The van der Waals surface area contributed by atoms with E-state index in [-0.39, 0.29) is 5.56 Å². The van der Waals surface area contributed by atoms with E-state index in [0.717, 1.165) is 11.1 Å². The SMILES string of the molecule is COc1ccccc1-c1c2c(=O)n(Cc3ccccc3)ccc2nc2nc(C)[nH][n+]12. The number of aromatic amines is 1. The Bertz CT molecular complexity index is 1440. The maximum absolute atomic E-state index is 13.6. The van der Waals surface area contributed by atoms with E-state index >= 15 is 0 Å². The Labute approximate surface area is 172 Å². The second-order valence-electron chi connectivity index (χ2n) is 7.10. The van der Waals surface area contributed by atoms with Crippen LogP contribution >= 0.6 is 0 Å². The number of hydrogen-bond acceptors (Lipinski definition) is 4. The molecule has 0 spiro atoms. The molecule has 0 saturated carbocycles. The molecule has 0 radical (unpaired) electrons. The highest BCUT2D eigenvalue weighted by Gasteiger charge is 2.25.